The summed E-state index contributed by atoms with van der Waals surface area (Å²) >= 11 is 0. The molecule has 0 bridgehead atoms. The van der Waals surface area contributed by atoms with E-state index in [-0.39, 0.29) is 6.04 Å². The third-order valence-electron chi connectivity index (χ3n) is 3.09. The van der Waals surface area contributed by atoms with E-state index in [2.05, 4.69) is 35.4 Å². The van der Waals surface area contributed by atoms with Crippen LogP contribution in [0.3, 0.4) is 0 Å². The molecule has 2 heterocycles. The first-order chi connectivity index (χ1) is 8.81. The average molecular weight is 245 g/mol. The van der Waals surface area contributed by atoms with Crippen LogP contribution in [0.25, 0.3) is 0 Å². The summed E-state index contributed by atoms with van der Waals surface area (Å²) in [6, 6.07) is 5.89. The number of hydrazine groups is 1. The molecule has 0 saturated carbocycles. The second kappa shape index (κ2) is 5.75. The molecule has 0 aliphatic rings. The van der Waals surface area contributed by atoms with Gasteiger partial charge in [-0.15, -0.1) is 0 Å². The van der Waals surface area contributed by atoms with Crippen molar-refractivity contribution in [2.24, 2.45) is 5.84 Å². The lowest BCUT2D eigenvalue weighted by molar-refractivity contribution is 0.532. The minimum absolute atomic E-state index is 0.122. The van der Waals surface area contributed by atoms with E-state index in [1.807, 2.05) is 16.8 Å². The fourth-order valence-electron chi connectivity index (χ4n) is 2.17. The van der Waals surface area contributed by atoms with Crippen LogP contribution in [0.4, 0.5) is 0 Å². The summed E-state index contributed by atoms with van der Waals surface area (Å²) in [7, 11) is 0. The fraction of sp³-hybridized carbons (Fsp3) is 0.385. The second-order valence-electron chi connectivity index (χ2n) is 4.07. The number of nitrogens with one attached hydrogen (secondary N) is 1. The van der Waals surface area contributed by atoms with Gasteiger partial charge in [0.25, 0.3) is 0 Å². The van der Waals surface area contributed by atoms with Crippen molar-refractivity contribution >= 4 is 0 Å². The van der Waals surface area contributed by atoms with Crippen LogP contribution in [0.15, 0.2) is 30.6 Å². The molecule has 5 nitrogen and oxygen atoms in total. The summed E-state index contributed by atoms with van der Waals surface area (Å²) in [5.41, 5.74) is 6.05. The van der Waals surface area contributed by atoms with Crippen LogP contribution >= 0.6 is 0 Å². The van der Waals surface area contributed by atoms with Crippen LogP contribution in [0.2, 0.25) is 0 Å². The van der Waals surface area contributed by atoms with E-state index < -0.39 is 0 Å². The Hall–Kier alpha value is -1.72. The summed E-state index contributed by atoms with van der Waals surface area (Å²) in [5, 5.41) is 4.28. The molecule has 0 saturated heterocycles. The highest BCUT2D eigenvalue weighted by Gasteiger charge is 2.20. The Morgan fingerprint density at radius 1 is 1.33 bits per heavy atom. The Bertz CT molecular complexity index is 506. The molecule has 5 heteroatoms. The van der Waals surface area contributed by atoms with Gasteiger partial charge in [-0.3, -0.25) is 15.5 Å². The fourth-order valence-corrected chi connectivity index (χ4v) is 2.17. The smallest absolute Gasteiger partial charge is 0.105 e. The van der Waals surface area contributed by atoms with E-state index in [0.717, 1.165) is 24.4 Å². The molecule has 0 spiro atoms. The average Bonchev–Trinajstić information content (AvgIpc) is 2.88. The van der Waals surface area contributed by atoms with Crippen molar-refractivity contribution in [3.05, 3.63) is 47.5 Å². The van der Waals surface area contributed by atoms with Gasteiger partial charge in [0, 0.05) is 18.9 Å². The molecule has 0 aliphatic heterocycles. The van der Waals surface area contributed by atoms with Gasteiger partial charge in [0.15, 0.2) is 0 Å². The predicted octanol–water partition coefficient (Wildman–Crippen LogP) is 1.41. The van der Waals surface area contributed by atoms with Crippen molar-refractivity contribution in [2.45, 2.75) is 32.9 Å². The summed E-state index contributed by atoms with van der Waals surface area (Å²) in [6.45, 7) is 4.99. The third kappa shape index (κ3) is 2.27. The zero-order valence-electron chi connectivity index (χ0n) is 10.8. The van der Waals surface area contributed by atoms with Crippen molar-refractivity contribution in [1.29, 1.82) is 0 Å². The van der Waals surface area contributed by atoms with Crippen LogP contribution < -0.4 is 11.3 Å². The second-order valence-corrected chi connectivity index (χ2v) is 4.07. The zero-order valence-corrected chi connectivity index (χ0v) is 10.8. The number of nitrogens with two attached hydrogens (primary N) is 1. The molecule has 3 N–H and O–H groups in total. The molecule has 0 aliphatic carbocycles. The SMILES string of the molecule is CCc1cccnc1C(NN)c1ccnn1CC. The minimum Gasteiger partial charge on any atom is -0.270 e. The maximum absolute atomic E-state index is 5.71. The van der Waals surface area contributed by atoms with Crippen molar-refractivity contribution in [3.8, 4) is 0 Å². The van der Waals surface area contributed by atoms with E-state index in [9.17, 15) is 0 Å². The summed E-state index contributed by atoms with van der Waals surface area (Å²) < 4.78 is 1.93. The summed E-state index contributed by atoms with van der Waals surface area (Å²) in [4.78, 5) is 4.47. The van der Waals surface area contributed by atoms with Crippen molar-refractivity contribution < 1.29 is 0 Å². The first kappa shape index (κ1) is 12.7. The van der Waals surface area contributed by atoms with Gasteiger partial charge in [0.1, 0.15) is 6.04 Å². The van der Waals surface area contributed by atoms with Gasteiger partial charge in [0.05, 0.1) is 11.4 Å². The van der Waals surface area contributed by atoms with Gasteiger partial charge >= 0.3 is 0 Å². The molecule has 0 radical (unpaired) electrons. The van der Waals surface area contributed by atoms with E-state index in [0.29, 0.717) is 0 Å². The molecule has 18 heavy (non-hydrogen) atoms. The molecule has 0 fully saturated rings. The van der Waals surface area contributed by atoms with E-state index in [1.165, 1.54) is 5.56 Å². The van der Waals surface area contributed by atoms with Crippen LogP contribution in [0, 0.1) is 0 Å². The first-order valence-corrected chi connectivity index (χ1v) is 6.23. The first-order valence-electron chi connectivity index (χ1n) is 6.23. The molecule has 0 aromatic carbocycles. The normalized spacial score (nSPS) is 12.6. The summed E-state index contributed by atoms with van der Waals surface area (Å²) in [5.74, 6) is 5.71. The van der Waals surface area contributed by atoms with Crippen LogP contribution in [-0.4, -0.2) is 14.8 Å². The Morgan fingerprint density at radius 3 is 2.83 bits per heavy atom. The third-order valence-corrected chi connectivity index (χ3v) is 3.09. The Morgan fingerprint density at radius 2 is 2.17 bits per heavy atom. The minimum atomic E-state index is -0.122. The largest absolute Gasteiger partial charge is 0.270 e. The monoisotopic (exact) mass is 245 g/mol. The molecular weight excluding hydrogens is 226 g/mol. The van der Waals surface area contributed by atoms with Crippen LogP contribution in [0.1, 0.15) is 36.8 Å². The van der Waals surface area contributed by atoms with Gasteiger partial charge in [-0.05, 0) is 31.0 Å². The quantitative estimate of drug-likeness (QED) is 0.617. The molecule has 2 rings (SSSR count). The van der Waals surface area contributed by atoms with Crippen molar-refractivity contribution in [2.75, 3.05) is 0 Å². The van der Waals surface area contributed by atoms with E-state index >= 15 is 0 Å². The number of pyridine rings is 1. The topological polar surface area (TPSA) is 68.8 Å². The van der Waals surface area contributed by atoms with Gasteiger partial charge in [-0.1, -0.05) is 13.0 Å². The van der Waals surface area contributed by atoms with Gasteiger partial charge in [0.2, 0.25) is 0 Å². The predicted molar refractivity (Wildman–Crippen MR) is 70.7 cm³/mol. The Labute approximate surface area is 107 Å². The number of hydrogen-bond acceptors (Lipinski definition) is 4. The molecule has 0 amide bonds. The van der Waals surface area contributed by atoms with Crippen LogP contribution in [0.5, 0.6) is 0 Å². The number of nitrogens with zero attached hydrogens (tertiary/aromatic N) is 3. The van der Waals surface area contributed by atoms with Crippen LogP contribution in [-0.2, 0) is 13.0 Å². The Balaban J connectivity index is 2.45. The van der Waals surface area contributed by atoms with Gasteiger partial charge < -0.3 is 0 Å². The molecule has 2 aromatic heterocycles. The number of aryl methyl sites for hydroxylation is 2. The molecule has 1 unspecified atom stereocenters. The van der Waals surface area contributed by atoms with Crippen molar-refractivity contribution in [3.63, 3.8) is 0 Å². The highest BCUT2D eigenvalue weighted by Crippen LogP contribution is 2.22. The molecule has 1 atom stereocenters. The molecular formula is C13H19N5. The number of hydrogen-bond donors (Lipinski definition) is 2. The van der Waals surface area contributed by atoms with Gasteiger partial charge in [-0.2, -0.15) is 5.10 Å². The number of rotatable bonds is 5. The summed E-state index contributed by atoms with van der Waals surface area (Å²) in [6.07, 6.45) is 4.52. The van der Waals surface area contributed by atoms with Crippen molar-refractivity contribution in [1.82, 2.24) is 20.2 Å². The Kier molecular flexibility index (Phi) is 4.07. The van der Waals surface area contributed by atoms with E-state index in [4.69, 9.17) is 5.84 Å². The highest BCUT2D eigenvalue weighted by molar-refractivity contribution is 5.29. The maximum atomic E-state index is 5.71. The zero-order chi connectivity index (χ0) is 13.0. The highest BCUT2D eigenvalue weighted by atomic mass is 15.3. The lowest BCUT2D eigenvalue weighted by Gasteiger charge is -2.19. The molecule has 96 valence electrons. The lowest BCUT2D eigenvalue weighted by Crippen LogP contribution is -2.32. The molecule has 2 aromatic rings. The van der Waals surface area contributed by atoms with E-state index in [1.54, 1.807) is 12.4 Å². The standard InChI is InChI=1S/C13H19N5/c1-3-10-6-5-8-15-12(10)13(17-14)11-7-9-16-18(11)4-2/h5-9,13,17H,3-4,14H2,1-2H3. The number of aromatic nitrogens is 3. The lowest BCUT2D eigenvalue weighted by atomic mass is 10.0. The maximum Gasteiger partial charge on any atom is 0.105 e. The van der Waals surface area contributed by atoms with Gasteiger partial charge in [-0.25, -0.2) is 5.43 Å².